The van der Waals surface area contributed by atoms with Gasteiger partial charge in [-0.25, -0.2) is 4.79 Å². The third-order valence-electron chi connectivity index (χ3n) is 4.77. The molecule has 6 heteroatoms. The van der Waals surface area contributed by atoms with Gasteiger partial charge in [0.25, 0.3) is 0 Å². The Kier molecular flexibility index (Phi) is 5.08. The largest absolute Gasteiger partial charge is 0.481 e. The zero-order valence-corrected chi connectivity index (χ0v) is 13.3. The minimum absolute atomic E-state index is 0.00262. The number of hydrogen-bond acceptors (Lipinski definition) is 3. The Morgan fingerprint density at radius 1 is 1.38 bits per heavy atom. The first kappa shape index (κ1) is 16.1. The number of fused-ring (bicyclic) bond motifs is 1. The van der Waals surface area contributed by atoms with Crippen LogP contribution >= 0.6 is 0 Å². The molecule has 0 aromatic rings. The molecule has 0 saturated carbocycles. The van der Waals surface area contributed by atoms with Gasteiger partial charge in [-0.05, 0) is 40.2 Å². The van der Waals surface area contributed by atoms with Gasteiger partial charge in [0.15, 0.2) is 0 Å². The fourth-order valence-corrected chi connectivity index (χ4v) is 3.62. The number of carboxylic acid groups (broad SMARTS) is 1. The van der Waals surface area contributed by atoms with Crippen LogP contribution < -0.4 is 0 Å². The molecule has 0 aromatic carbocycles. The van der Waals surface area contributed by atoms with Gasteiger partial charge in [0, 0.05) is 37.8 Å². The van der Waals surface area contributed by atoms with Crippen LogP contribution in [0.25, 0.3) is 0 Å². The Hall–Kier alpha value is -1.30. The second-order valence-corrected chi connectivity index (χ2v) is 6.31. The van der Waals surface area contributed by atoms with Crippen molar-refractivity contribution in [3.8, 4) is 0 Å². The normalized spacial score (nSPS) is 27.3. The fraction of sp³-hybridized carbons (Fsp3) is 0.867. The van der Waals surface area contributed by atoms with Crippen LogP contribution in [-0.2, 0) is 4.79 Å². The number of carboxylic acids is 1. The molecule has 1 N–H and O–H groups in total. The van der Waals surface area contributed by atoms with Gasteiger partial charge in [-0.1, -0.05) is 0 Å². The highest BCUT2D eigenvalue weighted by atomic mass is 16.4. The van der Waals surface area contributed by atoms with Crippen LogP contribution in [-0.4, -0.2) is 76.1 Å². The molecular weight excluding hydrogens is 270 g/mol. The van der Waals surface area contributed by atoms with Gasteiger partial charge < -0.3 is 14.9 Å². The van der Waals surface area contributed by atoms with Crippen molar-refractivity contribution in [3.63, 3.8) is 0 Å². The number of aliphatic carboxylic acids is 1. The van der Waals surface area contributed by atoms with Crippen LogP contribution in [0.5, 0.6) is 0 Å². The quantitative estimate of drug-likeness (QED) is 0.853. The number of hydrogen-bond donors (Lipinski definition) is 1. The molecular formula is C15H27N3O3. The summed E-state index contributed by atoms with van der Waals surface area (Å²) >= 11 is 0. The summed E-state index contributed by atoms with van der Waals surface area (Å²) in [4.78, 5) is 29.8. The van der Waals surface area contributed by atoms with Crippen LogP contribution in [0, 0.1) is 0 Å². The van der Waals surface area contributed by atoms with Gasteiger partial charge in [-0.3, -0.25) is 9.69 Å². The summed E-state index contributed by atoms with van der Waals surface area (Å²) in [5.74, 6) is -0.859. The number of amides is 2. The van der Waals surface area contributed by atoms with Gasteiger partial charge in [-0.2, -0.15) is 0 Å². The van der Waals surface area contributed by atoms with E-state index in [0.29, 0.717) is 12.6 Å². The molecule has 0 bridgehead atoms. The summed E-state index contributed by atoms with van der Waals surface area (Å²) < 4.78 is 0. The maximum absolute atomic E-state index is 12.8. The van der Waals surface area contributed by atoms with Gasteiger partial charge >= 0.3 is 12.0 Å². The molecule has 2 rings (SSSR count). The van der Waals surface area contributed by atoms with Crippen molar-refractivity contribution in [2.45, 2.75) is 58.2 Å². The average molecular weight is 297 g/mol. The molecule has 21 heavy (non-hydrogen) atoms. The van der Waals surface area contributed by atoms with Gasteiger partial charge in [-0.15, -0.1) is 0 Å². The third kappa shape index (κ3) is 3.48. The lowest BCUT2D eigenvalue weighted by molar-refractivity contribution is -0.138. The molecule has 2 fully saturated rings. The second-order valence-electron chi connectivity index (χ2n) is 6.31. The lowest BCUT2D eigenvalue weighted by Crippen LogP contribution is -2.60. The van der Waals surface area contributed by atoms with E-state index >= 15 is 0 Å². The molecule has 2 heterocycles. The lowest BCUT2D eigenvalue weighted by atomic mass is 10.1. The van der Waals surface area contributed by atoms with Crippen molar-refractivity contribution in [1.29, 1.82) is 0 Å². The number of urea groups is 1. The predicted octanol–water partition coefficient (Wildman–Crippen LogP) is 1.46. The SMILES string of the molecule is CCN(C(=O)N1CC2CCCN2CC1C)C(C)CC(=O)O. The van der Waals surface area contributed by atoms with Crippen LogP contribution in [0.15, 0.2) is 0 Å². The zero-order valence-electron chi connectivity index (χ0n) is 13.3. The maximum Gasteiger partial charge on any atom is 0.320 e. The first-order chi connectivity index (χ1) is 9.93. The Balaban J connectivity index is 2.04. The standard InChI is InChI=1S/C15H27N3O3/c1-4-17(11(2)8-14(19)20)15(21)18-10-13-6-5-7-16(13)9-12(18)3/h11-13H,4-10H2,1-3H3,(H,19,20). The maximum atomic E-state index is 12.8. The van der Waals surface area contributed by atoms with Crippen LogP contribution in [0.2, 0.25) is 0 Å². The summed E-state index contributed by atoms with van der Waals surface area (Å²) in [6, 6.07) is 0.399. The molecule has 0 spiro atoms. The van der Waals surface area contributed by atoms with E-state index in [1.54, 1.807) is 4.90 Å². The van der Waals surface area contributed by atoms with Crippen molar-refractivity contribution >= 4 is 12.0 Å². The van der Waals surface area contributed by atoms with Crippen molar-refractivity contribution in [2.75, 3.05) is 26.2 Å². The van der Waals surface area contributed by atoms with Crippen molar-refractivity contribution in [3.05, 3.63) is 0 Å². The first-order valence-corrected chi connectivity index (χ1v) is 7.97. The molecule has 2 amide bonds. The molecule has 2 aliphatic heterocycles. The minimum atomic E-state index is -0.859. The van der Waals surface area contributed by atoms with Crippen molar-refractivity contribution in [2.24, 2.45) is 0 Å². The number of piperazine rings is 1. The van der Waals surface area contributed by atoms with Gasteiger partial charge in [0.1, 0.15) is 0 Å². The monoisotopic (exact) mass is 297 g/mol. The van der Waals surface area contributed by atoms with E-state index in [1.807, 2.05) is 18.7 Å². The second kappa shape index (κ2) is 6.64. The lowest BCUT2D eigenvalue weighted by Gasteiger charge is -2.44. The highest BCUT2D eigenvalue weighted by Crippen LogP contribution is 2.25. The number of carbonyl (C=O) groups excluding carboxylic acids is 1. The van der Waals surface area contributed by atoms with E-state index < -0.39 is 5.97 Å². The first-order valence-electron chi connectivity index (χ1n) is 7.97. The molecule has 0 aliphatic carbocycles. The topological polar surface area (TPSA) is 64.1 Å². The number of carbonyl (C=O) groups is 2. The summed E-state index contributed by atoms with van der Waals surface area (Å²) in [6.45, 7) is 9.20. The van der Waals surface area contributed by atoms with E-state index in [9.17, 15) is 9.59 Å². The molecule has 3 unspecified atom stereocenters. The van der Waals surface area contributed by atoms with Crippen molar-refractivity contribution in [1.82, 2.24) is 14.7 Å². The van der Waals surface area contributed by atoms with E-state index in [-0.39, 0.29) is 24.5 Å². The molecule has 6 nitrogen and oxygen atoms in total. The fourth-order valence-electron chi connectivity index (χ4n) is 3.62. The Bertz CT molecular complexity index is 402. The van der Waals surface area contributed by atoms with Crippen LogP contribution in [0.1, 0.15) is 40.0 Å². The van der Waals surface area contributed by atoms with Gasteiger partial charge in [0.2, 0.25) is 0 Å². The van der Waals surface area contributed by atoms with Crippen molar-refractivity contribution < 1.29 is 14.7 Å². The smallest absolute Gasteiger partial charge is 0.320 e. The number of rotatable bonds is 4. The zero-order chi connectivity index (χ0) is 15.6. The highest BCUT2D eigenvalue weighted by molar-refractivity contribution is 5.76. The minimum Gasteiger partial charge on any atom is -0.481 e. The summed E-state index contributed by atoms with van der Waals surface area (Å²) in [5.41, 5.74) is 0. The molecule has 120 valence electrons. The molecule has 0 radical (unpaired) electrons. The van der Waals surface area contributed by atoms with E-state index in [1.165, 1.54) is 6.42 Å². The van der Waals surface area contributed by atoms with E-state index in [0.717, 1.165) is 26.1 Å². The van der Waals surface area contributed by atoms with Crippen LogP contribution in [0.4, 0.5) is 4.79 Å². The predicted molar refractivity (Wildman–Crippen MR) is 80.3 cm³/mol. The molecule has 3 atom stereocenters. The Labute approximate surface area is 126 Å². The van der Waals surface area contributed by atoms with E-state index in [2.05, 4.69) is 11.8 Å². The molecule has 0 aromatic heterocycles. The Morgan fingerprint density at radius 3 is 2.71 bits per heavy atom. The molecule has 2 saturated heterocycles. The number of nitrogens with zero attached hydrogens (tertiary/aromatic N) is 3. The highest BCUT2D eigenvalue weighted by Gasteiger charge is 2.38. The third-order valence-corrected chi connectivity index (χ3v) is 4.77. The van der Waals surface area contributed by atoms with E-state index in [4.69, 9.17) is 5.11 Å². The Morgan fingerprint density at radius 2 is 2.10 bits per heavy atom. The summed E-state index contributed by atoms with van der Waals surface area (Å²) in [7, 11) is 0. The molecule has 2 aliphatic rings. The van der Waals surface area contributed by atoms with Gasteiger partial charge in [0.05, 0.1) is 6.42 Å². The summed E-state index contributed by atoms with van der Waals surface area (Å²) in [6.07, 6.45) is 2.37. The summed E-state index contributed by atoms with van der Waals surface area (Å²) in [5, 5.41) is 8.94. The van der Waals surface area contributed by atoms with Crippen LogP contribution in [0.3, 0.4) is 0 Å². The average Bonchev–Trinajstić information content (AvgIpc) is 2.84.